The van der Waals surface area contributed by atoms with Crippen molar-refractivity contribution in [1.82, 2.24) is 14.9 Å². The summed E-state index contributed by atoms with van der Waals surface area (Å²) in [7, 11) is 1.43. The summed E-state index contributed by atoms with van der Waals surface area (Å²) in [6, 6.07) is 2.62. The fourth-order valence-electron chi connectivity index (χ4n) is 4.04. The molecular formula is C21H16F4N4O3. The van der Waals surface area contributed by atoms with E-state index in [-0.39, 0.29) is 37.0 Å². The normalized spacial score (nSPS) is 17.2. The minimum absolute atomic E-state index is 0.00870. The van der Waals surface area contributed by atoms with Gasteiger partial charge in [0.25, 0.3) is 5.91 Å². The molecule has 2 aliphatic rings. The van der Waals surface area contributed by atoms with Crippen molar-refractivity contribution < 1.29 is 31.8 Å². The van der Waals surface area contributed by atoms with Gasteiger partial charge in [-0.25, -0.2) is 9.37 Å². The first-order valence-electron chi connectivity index (χ1n) is 9.60. The molecule has 0 bridgehead atoms. The quantitative estimate of drug-likeness (QED) is 0.603. The number of anilines is 1. The Morgan fingerprint density at radius 2 is 1.97 bits per heavy atom. The summed E-state index contributed by atoms with van der Waals surface area (Å²) in [4.78, 5) is 22.0. The van der Waals surface area contributed by atoms with Gasteiger partial charge < -0.3 is 20.1 Å². The number of fused-ring (bicyclic) bond motifs is 4. The maximum Gasteiger partial charge on any atom is 0.433 e. The molecule has 5 rings (SSSR count). The minimum atomic E-state index is -4.62. The van der Waals surface area contributed by atoms with Crippen LogP contribution in [0, 0.1) is 5.82 Å². The third kappa shape index (κ3) is 3.11. The molecule has 0 aliphatic carbocycles. The van der Waals surface area contributed by atoms with Gasteiger partial charge in [-0.2, -0.15) is 13.2 Å². The van der Waals surface area contributed by atoms with Crippen molar-refractivity contribution in [3.63, 3.8) is 0 Å². The highest BCUT2D eigenvalue weighted by Crippen LogP contribution is 2.39. The number of alkyl halides is 3. The van der Waals surface area contributed by atoms with Crippen LogP contribution in [-0.4, -0.2) is 34.4 Å². The second-order valence-corrected chi connectivity index (χ2v) is 7.64. The highest BCUT2D eigenvalue weighted by atomic mass is 19.4. The Bertz CT molecular complexity index is 1280. The number of benzene rings is 1. The minimum Gasteiger partial charge on any atom is -0.491 e. The molecule has 7 nitrogen and oxygen atoms in total. The first-order valence-corrected chi connectivity index (χ1v) is 9.60. The van der Waals surface area contributed by atoms with Crippen molar-refractivity contribution in [2.24, 2.45) is 0 Å². The van der Waals surface area contributed by atoms with Crippen molar-refractivity contribution in [1.29, 1.82) is 0 Å². The summed E-state index contributed by atoms with van der Waals surface area (Å²) >= 11 is 0. The van der Waals surface area contributed by atoms with Crippen molar-refractivity contribution in [3.05, 3.63) is 58.2 Å². The largest absolute Gasteiger partial charge is 0.491 e. The maximum atomic E-state index is 14.9. The van der Waals surface area contributed by atoms with Gasteiger partial charge in [0.2, 0.25) is 0 Å². The van der Waals surface area contributed by atoms with E-state index in [0.717, 1.165) is 23.9 Å². The fourth-order valence-corrected chi connectivity index (χ4v) is 4.04. The van der Waals surface area contributed by atoms with E-state index in [2.05, 4.69) is 9.97 Å². The zero-order valence-electron chi connectivity index (χ0n) is 16.7. The van der Waals surface area contributed by atoms with Gasteiger partial charge >= 0.3 is 6.18 Å². The van der Waals surface area contributed by atoms with E-state index >= 15 is 0 Å². The summed E-state index contributed by atoms with van der Waals surface area (Å²) in [5.41, 5.74) is 6.72. The van der Waals surface area contributed by atoms with Gasteiger partial charge in [0.15, 0.2) is 0 Å². The number of carbonyl (C=O) groups excluding carboxylic acids is 1. The number of pyridine rings is 2. The SMILES string of the molecule is CN(C(=O)c1cc2c3c(c(N)nc2cc1F)COC3)[C@@H]1COc2cc(C(F)(F)F)ncc21. The molecule has 2 aliphatic heterocycles. The third-order valence-electron chi connectivity index (χ3n) is 5.78. The number of ether oxygens (including phenoxy) is 2. The molecule has 0 fully saturated rings. The number of halogens is 4. The summed E-state index contributed by atoms with van der Waals surface area (Å²) in [5.74, 6) is -1.20. The van der Waals surface area contributed by atoms with Gasteiger partial charge in [-0.15, -0.1) is 0 Å². The molecule has 3 aromatic rings. The maximum absolute atomic E-state index is 14.9. The Kier molecular flexibility index (Phi) is 4.48. The molecule has 0 radical (unpaired) electrons. The number of aromatic nitrogens is 2. The van der Waals surface area contributed by atoms with Crippen molar-refractivity contribution in [2.45, 2.75) is 25.4 Å². The first kappa shape index (κ1) is 20.4. The molecule has 166 valence electrons. The monoisotopic (exact) mass is 448 g/mol. The zero-order chi connectivity index (χ0) is 22.8. The highest BCUT2D eigenvalue weighted by molar-refractivity contribution is 5.99. The van der Waals surface area contributed by atoms with Gasteiger partial charge in [0.05, 0.1) is 30.3 Å². The summed E-state index contributed by atoms with van der Waals surface area (Å²) in [6.45, 7) is 0.482. The number of hydrogen-bond acceptors (Lipinski definition) is 6. The summed E-state index contributed by atoms with van der Waals surface area (Å²) < 4.78 is 64.4. The van der Waals surface area contributed by atoms with E-state index in [1.165, 1.54) is 18.0 Å². The molecule has 1 atom stereocenters. The highest BCUT2D eigenvalue weighted by Gasteiger charge is 2.37. The van der Waals surface area contributed by atoms with Gasteiger partial charge in [-0.05, 0) is 11.6 Å². The number of hydrogen-bond donors (Lipinski definition) is 1. The van der Waals surface area contributed by atoms with Gasteiger partial charge in [0.1, 0.15) is 29.7 Å². The van der Waals surface area contributed by atoms with Crippen LogP contribution in [0.25, 0.3) is 10.9 Å². The lowest BCUT2D eigenvalue weighted by atomic mass is 10.0. The number of nitrogen functional groups attached to an aromatic ring is 1. The number of amides is 1. The first-order chi connectivity index (χ1) is 15.1. The van der Waals surface area contributed by atoms with E-state index in [1.807, 2.05) is 0 Å². The molecule has 4 heterocycles. The lowest BCUT2D eigenvalue weighted by Crippen LogP contribution is -2.32. The lowest BCUT2D eigenvalue weighted by Gasteiger charge is -2.24. The third-order valence-corrected chi connectivity index (χ3v) is 5.78. The van der Waals surface area contributed by atoms with Crippen LogP contribution in [0.1, 0.15) is 38.8 Å². The van der Waals surface area contributed by atoms with Crippen LogP contribution in [0.15, 0.2) is 24.4 Å². The molecule has 0 saturated heterocycles. The molecule has 11 heteroatoms. The number of nitrogens with two attached hydrogens (primary N) is 1. The number of carbonyl (C=O) groups is 1. The van der Waals surface area contributed by atoms with Gasteiger partial charge in [0, 0.05) is 41.9 Å². The van der Waals surface area contributed by atoms with E-state index in [1.54, 1.807) is 0 Å². The van der Waals surface area contributed by atoms with Crippen LogP contribution in [0.3, 0.4) is 0 Å². The summed E-state index contributed by atoms with van der Waals surface area (Å²) in [6.07, 6.45) is -3.58. The number of likely N-dealkylation sites (N-methyl/N-ethyl adjacent to an activating group) is 1. The van der Waals surface area contributed by atoms with Crippen molar-refractivity contribution in [3.8, 4) is 5.75 Å². The second kappa shape index (κ2) is 7.02. The Morgan fingerprint density at radius 1 is 1.22 bits per heavy atom. The van der Waals surface area contributed by atoms with E-state index in [0.29, 0.717) is 22.0 Å². The molecule has 2 aromatic heterocycles. The zero-order valence-corrected chi connectivity index (χ0v) is 16.7. The number of rotatable bonds is 2. The van der Waals surface area contributed by atoms with Crippen LogP contribution in [-0.2, 0) is 24.1 Å². The van der Waals surface area contributed by atoms with Crippen LogP contribution < -0.4 is 10.5 Å². The lowest BCUT2D eigenvalue weighted by molar-refractivity contribution is -0.141. The molecule has 0 saturated carbocycles. The standard InChI is InChI=1S/C21H16F4N4O3/c1-29(16-8-32-17-4-18(21(23,24)25)27-5-11(16)17)20(30)10-2-9-12-6-31-7-13(12)19(26)28-15(9)3-14(10)22/h2-5,16H,6-8H2,1H3,(H2,26,28)/t16-/m1/s1. The summed E-state index contributed by atoms with van der Waals surface area (Å²) in [5, 5.41) is 0.560. The average molecular weight is 448 g/mol. The molecular weight excluding hydrogens is 432 g/mol. The van der Waals surface area contributed by atoms with E-state index in [4.69, 9.17) is 15.2 Å². The van der Waals surface area contributed by atoms with E-state index < -0.39 is 29.6 Å². The van der Waals surface area contributed by atoms with Crippen LogP contribution >= 0.6 is 0 Å². The van der Waals surface area contributed by atoms with Crippen LogP contribution in [0.4, 0.5) is 23.4 Å². The Labute approximate surface area is 178 Å². The molecule has 2 N–H and O–H groups in total. The predicted octanol–water partition coefficient (Wildman–Crippen LogP) is 3.61. The van der Waals surface area contributed by atoms with Gasteiger partial charge in [-0.1, -0.05) is 0 Å². The van der Waals surface area contributed by atoms with Crippen LogP contribution in [0.2, 0.25) is 0 Å². The molecule has 1 aromatic carbocycles. The van der Waals surface area contributed by atoms with E-state index in [9.17, 15) is 22.4 Å². The average Bonchev–Trinajstić information content (AvgIpc) is 3.39. The Balaban J connectivity index is 1.50. The molecule has 32 heavy (non-hydrogen) atoms. The topological polar surface area (TPSA) is 90.6 Å². The van der Waals surface area contributed by atoms with Crippen molar-refractivity contribution >= 4 is 22.6 Å². The smallest absolute Gasteiger partial charge is 0.433 e. The second-order valence-electron chi connectivity index (χ2n) is 7.64. The van der Waals surface area contributed by atoms with Gasteiger partial charge in [-0.3, -0.25) is 9.78 Å². The molecule has 0 spiro atoms. The van der Waals surface area contributed by atoms with Crippen molar-refractivity contribution in [2.75, 3.05) is 19.4 Å². The predicted molar refractivity (Wildman–Crippen MR) is 104 cm³/mol. The number of nitrogens with zero attached hydrogens (tertiary/aromatic N) is 3. The molecule has 0 unspecified atom stereocenters. The van der Waals surface area contributed by atoms with Crippen LogP contribution in [0.5, 0.6) is 5.75 Å². The molecule has 1 amide bonds. The Morgan fingerprint density at radius 3 is 2.72 bits per heavy atom. The Hall–Kier alpha value is -3.47. The fraction of sp³-hybridized carbons (Fsp3) is 0.286.